The van der Waals surface area contributed by atoms with Gasteiger partial charge >= 0.3 is 5.92 Å². The number of nitrogens with zero attached hydrogens (tertiary/aromatic N) is 4. The minimum absolute atomic E-state index is 0.0251. The van der Waals surface area contributed by atoms with Crippen molar-refractivity contribution in [1.29, 1.82) is 0 Å². The number of aryl methyl sites for hydroxylation is 2. The highest BCUT2D eigenvalue weighted by Crippen LogP contribution is 2.57. The molecule has 2 aliphatic rings. The molecule has 9 nitrogen and oxygen atoms in total. The Kier molecular flexibility index (Phi) is 6.50. The number of carbonyl (C=O) groups is 2. The van der Waals surface area contributed by atoms with E-state index in [0.29, 0.717) is 29.9 Å². The maximum Gasteiger partial charge on any atom is 0.352 e. The van der Waals surface area contributed by atoms with E-state index in [-0.39, 0.29) is 41.4 Å². The van der Waals surface area contributed by atoms with Crippen LogP contribution in [0.25, 0.3) is 0 Å². The minimum atomic E-state index is -4.02. The lowest BCUT2D eigenvalue weighted by Crippen LogP contribution is -2.54. The van der Waals surface area contributed by atoms with E-state index >= 15 is 8.78 Å². The van der Waals surface area contributed by atoms with Crippen LogP contribution >= 0.6 is 11.6 Å². The molecule has 2 aliphatic carbocycles. The molecule has 0 saturated heterocycles. The highest BCUT2D eigenvalue weighted by atomic mass is 35.5. The first kappa shape index (κ1) is 26.2. The fourth-order valence-corrected chi connectivity index (χ4v) is 5.99. The maximum absolute atomic E-state index is 15.2. The second-order valence-electron chi connectivity index (χ2n) is 10.3. The van der Waals surface area contributed by atoms with Crippen LogP contribution in [-0.2, 0) is 18.9 Å². The van der Waals surface area contributed by atoms with E-state index in [1.54, 1.807) is 18.7 Å². The van der Waals surface area contributed by atoms with Crippen molar-refractivity contribution in [2.24, 2.45) is 25.9 Å². The summed E-state index contributed by atoms with van der Waals surface area (Å²) in [6.45, 7) is 0. The van der Waals surface area contributed by atoms with E-state index in [4.69, 9.17) is 11.6 Å². The lowest BCUT2D eigenvalue weighted by molar-refractivity contribution is -0.187. The van der Waals surface area contributed by atoms with Gasteiger partial charge in [-0.25, -0.2) is 14.4 Å². The first-order chi connectivity index (χ1) is 17.9. The number of nitrogens with one attached hydrogen (secondary N) is 2. The molecule has 0 bridgehead atoms. The van der Waals surface area contributed by atoms with Crippen molar-refractivity contribution in [2.75, 3.05) is 10.6 Å². The summed E-state index contributed by atoms with van der Waals surface area (Å²) in [6.07, 6.45) is 4.62. The summed E-state index contributed by atoms with van der Waals surface area (Å²) in [4.78, 5) is 33.7. The number of alkyl halides is 2. The molecule has 2 heterocycles. The average Bonchev–Trinajstić information content (AvgIpc) is 3.59. The fraction of sp³-hybridized carbons (Fsp3) is 0.440. The van der Waals surface area contributed by atoms with E-state index in [1.165, 1.54) is 35.6 Å². The van der Waals surface area contributed by atoms with Gasteiger partial charge in [-0.1, -0.05) is 11.6 Å². The number of imidazole rings is 2. The number of benzene rings is 1. The predicted octanol–water partition coefficient (Wildman–Crippen LogP) is 4.11. The van der Waals surface area contributed by atoms with Gasteiger partial charge in [0, 0.05) is 31.9 Å². The number of amides is 2. The Morgan fingerprint density at radius 1 is 1.13 bits per heavy atom. The quantitative estimate of drug-likeness (QED) is 0.427. The van der Waals surface area contributed by atoms with Crippen molar-refractivity contribution in [3.63, 3.8) is 0 Å². The average molecular weight is 551 g/mol. The third kappa shape index (κ3) is 4.55. The van der Waals surface area contributed by atoms with E-state index < -0.39 is 29.2 Å². The number of halogens is 4. The molecule has 0 radical (unpaired) electrons. The zero-order valence-electron chi connectivity index (χ0n) is 20.6. The Labute approximate surface area is 221 Å². The topological polar surface area (TPSA) is 114 Å². The van der Waals surface area contributed by atoms with Crippen molar-refractivity contribution < 1.29 is 27.9 Å². The van der Waals surface area contributed by atoms with Crippen LogP contribution in [0.4, 0.5) is 24.7 Å². The van der Waals surface area contributed by atoms with Gasteiger partial charge in [0.05, 0.1) is 23.4 Å². The second kappa shape index (κ2) is 9.42. The molecule has 2 amide bonds. The number of anilines is 2. The van der Waals surface area contributed by atoms with Crippen LogP contribution in [0.3, 0.4) is 0 Å². The third-order valence-corrected chi connectivity index (χ3v) is 7.89. The summed E-state index contributed by atoms with van der Waals surface area (Å²) in [5.74, 6) is -7.44. The molecule has 2 saturated carbocycles. The van der Waals surface area contributed by atoms with Crippen molar-refractivity contribution in [3.8, 4) is 0 Å². The fourth-order valence-electron chi connectivity index (χ4n) is 5.81. The van der Waals surface area contributed by atoms with Crippen LogP contribution in [0.2, 0.25) is 5.02 Å². The summed E-state index contributed by atoms with van der Waals surface area (Å²) >= 11 is 5.81. The molecular formula is C25H26ClF3N6O3. The lowest BCUT2D eigenvalue weighted by atomic mass is 9.87. The summed E-state index contributed by atoms with van der Waals surface area (Å²) < 4.78 is 46.9. The van der Waals surface area contributed by atoms with Gasteiger partial charge in [-0.05, 0) is 55.7 Å². The van der Waals surface area contributed by atoms with Gasteiger partial charge in [0.25, 0.3) is 11.8 Å². The SMILES string of the molecule is Cn1cnc(NC(=O)C(F)(F)C2(O)CC3CC(c4ncn(C)c4C(=O)Nc4ccc(F)c(Cl)c4)CC3C2)c1. The second-order valence-corrected chi connectivity index (χ2v) is 10.7. The Morgan fingerprint density at radius 2 is 1.82 bits per heavy atom. The number of aliphatic hydroxyl groups is 1. The molecule has 2 fully saturated rings. The Morgan fingerprint density at radius 3 is 2.42 bits per heavy atom. The smallest absolute Gasteiger partial charge is 0.352 e. The van der Waals surface area contributed by atoms with Crippen LogP contribution in [0.5, 0.6) is 0 Å². The molecule has 0 aliphatic heterocycles. The molecule has 3 N–H and O–H groups in total. The molecule has 2 aromatic heterocycles. The van der Waals surface area contributed by atoms with Crippen molar-refractivity contribution in [2.45, 2.75) is 43.1 Å². The Balaban J connectivity index is 1.28. The molecule has 2 atom stereocenters. The Hall–Kier alpha value is -3.38. The van der Waals surface area contributed by atoms with Gasteiger partial charge in [-0.2, -0.15) is 8.78 Å². The van der Waals surface area contributed by atoms with Crippen molar-refractivity contribution in [3.05, 3.63) is 59.3 Å². The Bertz CT molecular complexity index is 1390. The standard InChI is InChI=1S/C25H26ClF3N6O3/c1-34-10-19(30-11-34)33-23(37)25(28,29)24(38)8-14-5-13(6-15(14)9-24)20-21(35(2)12-31-20)22(36)32-16-3-4-18(27)17(26)7-16/h3-4,7,10-15,38H,5-6,8-9H2,1-2H3,(H,32,36)(H,33,37). The number of hydrogen-bond donors (Lipinski definition) is 3. The molecule has 38 heavy (non-hydrogen) atoms. The zero-order valence-corrected chi connectivity index (χ0v) is 21.3. The molecule has 202 valence electrons. The van der Waals surface area contributed by atoms with Gasteiger partial charge in [0.1, 0.15) is 17.1 Å². The highest BCUT2D eigenvalue weighted by Gasteiger charge is 2.64. The van der Waals surface area contributed by atoms with E-state index in [9.17, 15) is 19.1 Å². The molecule has 1 aromatic carbocycles. The number of rotatable bonds is 6. The van der Waals surface area contributed by atoms with E-state index in [2.05, 4.69) is 20.6 Å². The van der Waals surface area contributed by atoms with E-state index in [0.717, 1.165) is 6.07 Å². The molecule has 0 spiro atoms. The van der Waals surface area contributed by atoms with Gasteiger partial charge < -0.3 is 24.9 Å². The lowest BCUT2D eigenvalue weighted by Gasteiger charge is -2.32. The van der Waals surface area contributed by atoms with E-state index in [1.807, 2.05) is 0 Å². The maximum atomic E-state index is 15.2. The summed E-state index contributed by atoms with van der Waals surface area (Å²) in [7, 11) is 3.30. The molecule has 2 unspecified atom stereocenters. The first-order valence-electron chi connectivity index (χ1n) is 12.0. The summed E-state index contributed by atoms with van der Waals surface area (Å²) in [5.41, 5.74) is -1.35. The normalized spacial score (nSPS) is 24.9. The van der Waals surface area contributed by atoms with Crippen LogP contribution in [0.15, 0.2) is 37.1 Å². The largest absolute Gasteiger partial charge is 0.383 e. The van der Waals surface area contributed by atoms with Crippen LogP contribution < -0.4 is 10.6 Å². The van der Waals surface area contributed by atoms with Crippen molar-refractivity contribution in [1.82, 2.24) is 19.1 Å². The zero-order chi connectivity index (χ0) is 27.4. The number of aromatic nitrogens is 4. The van der Waals surface area contributed by atoms with Gasteiger partial charge in [0.15, 0.2) is 5.82 Å². The highest BCUT2D eigenvalue weighted by molar-refractivity contribution is 6.31. The van der Waals surface area contributed by atoms with Crippen LogP contribution in [0, 0.1) is 17.7 Å². The third-order valence-electron chi connectivity index (χ3n) is 7.60. The summed E-state index contributed by atoms with van der Waals surface area (Å²) in [6, 6.07) is 3.84. The molecule has 5 rings (SSSR count). The molecule has 13 heteroatoms. The van der Waals surface area contributed by atoms with Gasteiger partial charge in [-0.3, -0.25) is 9.59 Å². The summed E-state index contributed by atoms with van der Waals surface area (Å²) in [5, 5.41) is 15.6. The molecular weight excluding hydrogens is 525 g/mol. The van der Waals surface area contributed by atoms with Crippen molar-refractivity contribution >= 4 is 34.9 Å². The number of hydrogen-bond acceptors (Lipinski definition) is 5. The molecule has 3 aromatic rings. The first-order valence-corrected chi connectivity index (χ1v) is 12.4. The monoisotopic (exact) mass is 550 g/mol. The number of fused-ring (bicyclic) bond motifs is 1. The predicted molar refractivity (Wildman–Crippen MR) is 132 cm³/mol. The number of carbonyl (C=O) groups excluding carboxylic acids is 2. The van der Waals surface area contributed by atoms with Gasteiger partial charge in [-0.15, -0.1) is 0 Å². The minimum Gasteiger partial charge on any atom is -0.383 e. The van der Waals surface area contributed by atoms with Crippen LogP contribution in [-0.4, -0.2) is 47.5 Å². The van der Waals surface area contributed by atoms with Crippen LogP contribution in [0.1, 0.15) is 47.8 Å². The van der Waals surface area contributed by atoms with Gasteiger partial charge in [0.2, 0.25) is 0 Å².